The van der Waals surface area contributed by atoms with Crippen LogP contribution in [0.25, 0.3) is 16.8 Å². The van der Waals surface area contributed by atoms with E-state index in [0.29, 0.717) is 11.5 Å². The summed E-state index contributed by atoms with van der Waals surface area (Å²) in [5.74, 6) is 0.0297. The predicted molar refractivity (Wildman–Crippen MR) is 101 cm³/mol. The second-order valence-electron chi connectivity index (χ2n) is 6.06. The number of aryl methyl sites for hydroxylation is 1. The average Bonchev–Trinajstić information content (AvgIpc) is 3.04. The van der Waals surface area contributed by atoms with Crippen molar-refractivity contribution in [1.29, 1.82) is 0 Å². The monoisotopic (exact) mass is 343 g/mol. The molecule has 0 radical (unpaired) electrons. The standard InChI is InChI=1S/C20H17N5O/c1-13-4-2-5-15(12-13)17-6-3-11-25-19(17)23-20(24-25)22-16-9-7-14(8-10-16)18(21)26/h2-12H,1H3,(H2,21,26)(H,22,24). The van der Waals surface area contributed by atoms with Gasteiger partial charge in [0.15, 0.2) is 5.65 Å². The van der Waals surface area contributed by atoms with Gasteiger partial charge in [-0.05, 0) is 48.9 Å². The second-order valence-corrected chi connectivity index (χ2v) is 6.06. The highest BCUT2D eigenvalue weighted by molar-refractivity contribution is 5.93. The Bertz CT molecular complexity index is 1100. The van der Waals surface area contributed by atoms with E-state index in [-0.39, 0.29) is 0 Å². The topological polar surface area (TPSA) is 85.3 Å². The Morgan fingerprint density at radius 3 is 2.62 bits per heavy atom. The van der Waals surface area contributed by atoms with Crippen molar-refractivity contribution in [3.05, 3.63) is 78.0 Å². The molecule has 0 atom stereocenters. The minimum atomic E-state index is -0.454. The fourth-order valence-corrected chi connectivity index (χ4v) is 2.84. The Morgan fingerprint density at radius 2 is 1.88 bits per heavy atom. The molecule has 128 valence electrons. The van der Waals surface area contributed by atoms with Crippen LogP contribution in [0.3, 0.4) is 0 Å². The maximum Gasteiger partial charge on any atom is 0.248 e. The van der Waals surface area contributed by atoms with Crippen molar-refractivity contribution in [2.24, 2.45) is 5.73 Å². The van der Waals surface area contributed by atoms with Crippen LogP contribution in [0.15, 0.2) is 66.9 Å². The third-order valence-corrected chi connectivity index (χ3v) is 4.12. The number of amides is 1. The molecule has 0 aliphatic heterocycles. The maximum atomic E-state index is 11.2. The molecule has 0 spiro atoms. The summed E-state index contributed by atoms with van der Waals surface area (Å²) in [4.78, 5) is 15.8. The molecule has 0 unspecified atom stereocenters. The number of nitrogens with zero attached hydrogens (tertiary/aromatic N) is 3. The Balaban J connectivity index is 1.69. The summed E-state index contributed by atoms with van der Waals surface area (Å²) in [6.45, 7) is 2.07. The lowest BCUT2D eigenvalue weighted by molar-refractivity contribution is 0.100. The molecule has 6 nitrogen and oxygen atoms in total. The van der Waals surface area contributed by atoms with Gasteiger partial charge in [0.25, 0.3) is 0 Å². The van der Waals surface area contributed by atoms with Crippen molar-refractivity contribution >= 4 is 23.2 Å². The fourth-order valence-electron chi connectivity index (χ4n) is 2.84. The van der Waals surface area contributed by atoms with Gasteiger partial charge < -0.3 is 11.1 Å². The van der Waals surface area contributed by atoms with Crippen LogP contribution in [-0.2, 0) is 0 Å². The van der Waals surface area contributed by atoms with Crippen molar-refractivity contribution in [2.45, 2.75) is 6.92 Å². The lowest BCUT2D eigenvalue weighted by Crippen LogP contribution is -2.10. The number of nitrogens with one attached hydrogen (secondary N) is 1. The molecule has 4 rings (SSSR count). The lowest BCUT2D eigenvalue weighted by atomic mass is 10.1. The minimum Gasteiger partial charge on any atom is -0.366 e. The maximum absolute atomic E-state index is 11.2. The van der Waals surface area contributed by atoms with Gasteiger partial charge >= 0.3 is 0 Å². The van der Waals surface area contributed by atoms with Crippen molar-refractivity contribution in [3.8, 4) is 11.1 Å². The number of benzene rings is 2. The molecular formula is C20H17N5O. The van der Waals surface area contributed by atoms with E-state index >= 15 is 0 Å². The smallest absolute Gasteiger partial charge is 0.248 e. The summed E-state index contributed by atoms with van der Waals surface area (Å²) < 4.78 is 1.75. The molecule has 0 fully saturated rings. The van der Waals surface area contributed by atoms with Gasteiger partial charge in [-0.2, -0.15) is 4.98 Å². The van der Waals surface area contributed by atoms with Crippen LogP contribution >= 0.6 is 0 Å². The first-order valence-corrected chi connectivity index (χ1v) is 8.19. The van der Waals surface area contributed by atoms with Gasteiger partial charge in [-0.3, -0.25) is 4.79 Å². The number of hydrogen-bond acceptors (Lipinski definition) is 4. The summed E-state index contributed by atoms with van der Waals surface area (Å²) in [7, 11) is 0. The zero-order valence-corrected chi connectivity index (χ0v) is 14.2. The van der Waals surface area contributed by atoms with E-state index in [2.05, 4.69) is 40.5 Å². The highest BCUT2D eigenvalue weighted by Crippen LogP contribution is 2.25. The van der Waals surface area contributed by atoms with Gasteiger partial charge in [-0.1, -0.05) is 29.8 Å². The van der Waals surface area contributed by atoms with E-state index in [0.717, 1.165) is 22.5 Å². The average molecular weight is 343 g/mol. The summed E-state index contributed by atoms with van der Waals surface area (Å²) >= 11 is 0. The number of primary amides is 1. The Kier molecular flexibility index (Phi) is 3.85. The third-order valence-electron chi connectivity index (χ3n) is 4.12. The SMILES string of the molecule is Cc1cccc(-c2cccn3nc(Nc4ccc(C(N)=O)cc4)nc23)c1. The van der Waals surface area contributed by atoms with Crippen LogP contribution in [0.4, 0.5) is 11.6 Å². The van der Waals surface area contributed by atoms with Gasteiger partial charge in [0.1, 0.15) is 0 Å². The molecule has 2 heterocycles. The van der Waals surface area contributed by atoms with Crippen LogP contribution in [0, 0.1) is 6.92 Å². The van der Waals surface area contributed by atoms with E-state index in [9.17, 15) is 4.79 Å². The molecule has 2 aromatic heterocycles. The number of carbonyl (C=O) groups excluding carboxylic acids is 1. The van der Waals surface area contributed by atoms with Crippen LogP contribution in [0.2, 0.25) is 0 Å². The number of fused-ring (bicyclic) bond motifs is 1. The summed E-state index contributed by atoms with van der Waals surface area (Å²) in [5, 5.41) is 7.63. The van der Waals surface area contributed by atoms with E-state index in [1.807, 2.05) is 24.4 Å². The third kappa shape index (κ3) is 3.00. The van der Waals surface area contributed by atoms with E-state index in [1.54, 1.807) is 28.8 Å². The summed E-state index contributed by atoms with van der Waals surface area (Å²) in [6.07, 6.45) is 1.86. The highest BCUT2D eigenvalue weighted by atomic mass is 16.1. The zero-order chi connectivity index (χ0) is 18.1. The Labute approximate surface area is 150 Å². The van der Waals surface area contributed by atoms with Gasteiger partial charge in [-0.25, -0.2) is 4.52 Å². The molecule has 0 aliphatic rings. The molecule has 2 aromatic carbocycles. The number of rotatable bonds is 4. The number of nitrogens with two attached hydrogens (primary N) is 1. The number of aromatic nitrogens is 3. The van der Waals surface area contributed by atoms with Crippen LogP contribution in [0.1, 0.15) is 15.9 Å². The van der Waals surface area contributed by atoms with Crippen LogP contribution in [0.5, 0.6) is 0 Å². The molecule has 26 heavy (non-hydrogen) atoms. The zero-order valence-electron chi connectivity index (χ0n) is 14.2. The fraction of sp³-hybridized carbons (Fsp3) is 0.0500. The quantitative estimate of drug-likeness (QED) is 0.593. The second kappa shape index (κ2) is 6.33. The molecule has 6 heteroatoms. The van der Waals surface area contributed by atoms with Crippen molar-refractivity contribution in [1.82, 2.24) is 14.6 Å². The van der Waals surface area contributed by atoms with Gasteiger partial charge in [-0.15, -0.1) is 5.10 Å². The van der Waals surface area contributed by atoms with Crippen molar-refractivity contribution < 1.29 is 4.79 Å². The number of anilines is 2. The van der Waals surface area contributed by atoms with Gasteiger partial charge in [0, 0.05) is 23.0 Å². The first-order valence-electron chi connectivity index (χ1n) is 8.19. The molecule has 0 saturated heterocycles. The van der Waals surface area contributed by atoms with Crippen molar-refractivity contribution in [2.75, 3.05) is 5.32 Å². The van der Waals surface area contributed by atoms with Gasteiger partial charge in [0.2, 0.25) is 11.9 Å². The van der Waals surface area contributed by atoms with E-state index in [4.69, 9.17) is 5.73 Å². The number of pyridine rings is 1. The highest BCUT2D eigenvalue weighted by Gasteiger charge is 2.10. The molecule has 0 saturated carbocycles. The molecule has 1 amide bonds. The number of hydrogen-bond donors (Lipinski definition) is 2. The Hall–Kier alpha value is -3.67. The number of carbonyl (C=O) groups is 1. The first-order chi connectivity index (χ1) is 12.6. The largest absolute Gasteiger partial charge is 0.366 e. The lowest BCUT2D eigenvalue weighted by Gasteiger charge is -2.03. The minimum absolute atomic E-state index is 0.454. The van der Waals surface area contributed by atoms with Crippen LogP contribution < -0.4 is 11.1 Å². The molecule has 0 bridgehead atoms. The van der Waals surface area contributed by atoms with E-state index < -0.39 is 5.91 Å². The normalized spacial score (nSPS) is 10.8. The summed E-state index contributed by atoms with van der Waals surface area (Å²) in [5.41, 5.74) is 10.6. The molecule has 4 aromatic rings. The Morgan fingerprint density at radius 1 is 1.08 bits per heavy atom. The van der Waals surface area contributed by atoms with Crippen molar-refractivity contribution in [3.63, 3.8) is 0 Å². The van der Waals surface area contributed by atoms with Gasteiger partial charge in [0.05, 0.1) is 0 Å². The summed E-state index contributed by atoms with van der Waals surface area (Å²) in [6, 6.07) is 19.1. The first kappa shape index (κ1) is 15.8. The predicted octanol–water partition coefficient (Wildman–Crippen LogP) is 3.55. The molecular weight excluding hydrogens is 326 g/mol. The molecule has 3 N–H and O–H groups in total. The van der Waals surface area contributed by atoms with Crippen LogP contribution in [-0.4, -0.2) is 20.5 Å². The van der Waals surface area contributed by atoms with E-state index in [1.165, 1.54) is 5.56 Å². The molecule has 0 aliphatic carbocycles.